The molecule has 72 valence electrons. The van der Waals surface area contributed by atoms with Crippen molar-refractivity contribution >= 4 is 25.9 Å². The van der Waals surface area contributed by atoms with E-state index < -0.39 is 15.2 Å². The van der Waals surface area contributed by atoms with Gasteiger partial charge in [-0.3, -0.25) is 4.79 Å². The number of carbonyl (C=O) groups is 1. The maximum Gasteiger partial charge on any atom is 0.307 e. The van der Waals surface area contributed by atoms with E-state index in [9.17, 15) is 13.2 Å². The van der Waals surface area contributed by atoms with Crippen LogP contribution in [0.5, 0.6) is 0 Å². The highest BCUT2D eigenvalue weighted by Crippen LogP contribution is 1.90. The Kier molecular flexibility index (Phi) is 5.19. The van der Waals surface area contributed by atoms with Crippen molar-refractivity contribution in [3.63, 3.8) is 0 Å². The summed E-state index contributed by atoms with van der Waals surface area (Å²) in [4.78, 5) is 10.6. The third-order valence-corrected chi connectivity index (χ3v) is 1.79. The molecular weight excluding hydrogens is 206 g/mol. The van der Waals surface area contributed by atoms with Crippen LogP contribution < -0.4 is 4.72 Å². The number of nitrogens with one attached hydrogen (secondary N) is 1. The fraction of sp³-hybridized carbons (Fsp3) is 0.800. The number of hydrogen-bond donors (Lipinski definition) is 1. The van der Waals surface area contributed by atoms with Gasteiger partial charge in [-0.1, -0.05) is 0 Å². The fourth-order valence-corrected chi connectivity index (χ4v) is 1.09. The standard InChI is InChI=1S/C5H10ClNO4S/c1-2-11-5(8)3-4-7-12(6,9)10/h7H,2-4H2,1H3. The summed E-state index contributed by atoms with van der Waals surface area (Å²) in [6.45, 7) is 1.92. The number of rotatable bonds is 5. The summed E-state index contributed by atoms with van der Waals surface area (Å²) in [6.07, 6.45) is -0.0141. The normalized spacial score (nSPS) is 11.2. The lowest BCUT2D eigenvalue weighted by molar-refractivity contribution is -0.142. The average molecular weight is 216 g/mol. The third-order valence-electron chi connectivity index (χ3n) is 0.909. The lowest BCUT2D eigenvalue weighted by atomic mass is 10.4. The van der Waals surface area contributed by atoms with Crippen LogP contribution in [0.15, 0.2) is 0 Å². The lowest BCUT2D eigenvalue weighted by Crippen LogP contribution is -2.22. The molecule has 7 heteroatoms. The van der Waals surface area contributed by atoms with Crippen molar-refractivity contribution in [2.75, 3.05) is 13.2 Å². The summed E-state index contributed by atoms with van der Waals surface area (Å²) in [5.41, 5.74) is 0. The highest BCUT2D eigenvalue weighted by atomic mass is 35.7. The Bertz CT molecular complexity index is 238. The topological polar surface area (TPSA) is 72.5 Å². The molecule has 0 fully saturated rings. The molecule has 0 aliphatic rings. The highest BCUT2D eigenvalue weighted by Gasteiger charge is 2.05. The SMILES string of the molecule is CCOC(=O)CCNS(=O)(=O)Cl. The summed E-state index contributed by atoms with van der Waals surface area (Å²) >= 11 is 0. The van der Waals surface area contributed by atoms with Gasteiger partial charge < -0.3 is 4.74 Å². The number of ether oxygens (including phenoxy) is 1. The van der Waals surface area contributed by atoms with Crippen LogP contribution in [0.1, 0.15) is 13.3 Å². The van der Waals surface area contributed by atoms with Crippen molar-refractivity contribution in [2.45, 2.75) is 13.3 Å². The van der Waals surface area contributed by atoms with Gasteiger partial charge in [-0.15, -0.1) is 0 Å². The molecule has 0 aromatic heterocycles. The van der Waals surface area contributed by atoms with Gasteiger partial charge in [-0.25, -0.2) is 4.72 Å². The number of hydrogen-bond acceptors (Lipinski definition) is 4. The first-order valence-corrected chi connectivity index (χ1v) is 5.61. The molecule has 0 aliphatic carbocycles. The van der Waals surface area contributed by atoms with E-state index in [-0.39, 0.29) is 19.6 Å². The molecule has 0 heterocycles. The lowest BCUT2D eigenvalue weighted by Gasteiger charge is -2.00. The number of halogens is 1. The second-order valence-corrected chi connectivity index (χ2v) is 4.27. The van der Waals surface area contributed by atoms with Gasteiger partial charge >= 0.3 is 5.97 Å². The molecular formula is C5H10ClNO4S. The maximum atomic E-state index is 10.6. The summed E-state index contributed by atoms with van der Waals surface area (Å²) < 4.78 is 27.0. The van der Waals surface area contributed by atoms with E-state index in [1.165, 1.54) is 0 Å². The van der Waals surface area contributed by atoms with Crippen LogP contribution in [0.4, 0.5) is 0 Å². The maximum absolute atomic E-state index is 10.6. The van der Waals surface area contributed by atoms with E-state index in [2.05, 4.69) is 4.74 Å². The Morgan fingerprint density at radius 1 is 1.58 bits per heavy atom. The minimum Gasteiger partial charge on any atom is -0.466 e. The molecule has 0 saturated heterocycles. The average Bonchev–Trinajstić information content (AvgIpc) is 1.84. The van der Waals surface area contributed by atoms with Crippen molar-refractivity contribution in [2.24, 2.45) is 0 Å². The molecule has 0 saturated carbocycles. The van der Waals surface area contributed by atoms with Crippen molar-refractivity contribution in [3.8, 4) is 0 Å². The van der Waals surface area contributed by atoms with E-state index in [1.807, 2.05) is 4.72 Å². The predicted molar refractivity (Wildman–Crippen MR) is 44.0 cm³/mol. The van der Waals surface area contributed by atoms with Gasteiger partial charge in [-0.05, 0) is 6.92 Å². The van der Waals surface area contributed by atoms with Crippen molar-refractivity contribution in [3.05, 3.63) is 0 Å². The number of esters is 1. The van der Waals surface area contributed by atoms with Crippen molar-refractivity contribution in [1.29, 1.82) is 0 Å². The van der Waals surface area contributed by atoms with Gasteiger partial charge in [0.2, 0.25) is 0 Å². The monoisotopic (exact) mass is 215 g/mol. The Morgan fingerprint density at radius 3 is 2.58 bits per heavy atom. The van der Waals surface area contributed by atoms with Crippen LogP contribution in [0.3, 0.4) is 0 Å². The van der Waals surface area contributed by atoms with Gasteiger partial charge in [0.05, 0.1) is 13.0 Å². The van der Waals surface area contributed by atoms with E-state index in [4.69, 9.17) is 10.7 Å². The Morgan fingerprint density at radius 2 is 2.17 bits per heavy atom. The molecule has 0 unspecified atom stereocenters. The van der Waals surface area contributed by atoms with Crippen LogP contribution in [0.25, 0.3) is 0 Å². The van der Waals surface area contributed by atoms with Crippen LogP contribution in [-0.4, -0.2) is 27.5 Å². The molecule has 0 spiro atoms. The minimum atomic E-state index is -3.72. The van der Waals surface area contributed by atoms with Crippen molar-refractivity contribution < 1.29 is 17.9 Å². The first-order valence-electron chi connectivity index (χ1n) is 3.30. The molecule has 12 heavy (non-hydrogen) atoms. The first kappa shape index (κ1) is 11.7. The molecule has 0 aromatic rings. The van der Waals surface area contributed by atoms with Gasteiger partial charge in [0.1, 0.15) is 0 Å². The Hall–Kier alpha value is -0.330. The van der Waals surface area contributed by atoms with Crippen molar-refractivity contribution in [1.82, 2.24) is 4.72 Å². The molecule has 0 atom stereocenters. The molecule has 0 bridgehead atoms. The van der Waals surface area contributed by atoms with Crippen LogP contribution in [-0.2, 0) is 18.8 Å². The smallest absolute Gasteiger partial charge is 0.307 e. The summed E-state index contributed by atoms with van der Waals surface area (Å²) in [5.74, 6) is -0.453. The predicted octanol–water partition coefficient (Wildman–Crippen LogP) is 0.0128. The second-order valence-electron chi connectivity index (χ2n) is 1.89. The third kappa shape index (κ3) is 7.77. The van der Waals surface area contributed by atoms with E-state index in [0.29, 0.717) is 0 Å². The molecule has 1 N–H and O–H groups in total. The van der Waals surface area contributed by atoms with Crippen LogP contribution in [0, 0.1) is 0 Å². The molecule has 0 rings (SSSR count). The highest BCUT2D eigenvalue weighted by molar-refractivity contribution is 8.12. The second kappa shape index (κ2) is 5.34. The van der Waals surface area contributed by atoms with E-state index >= 15 is 0 Å². The zero-order valence-electron chi connectivity index (χ0n) is 6.54. The Balaban J connectivity index is 3.51. The minimum absolute atomic E-state index is 0.0141. The van der Waals surface area contributed by atoms with Gasteiger partial charge in [0, 0.05) is 17.2 Å². The summed E-state index contributed by atoms with van der Waals surface area (Å²) in [6, 6.07) is 0. The van der Waals surface area contributed by atoms with E-state index in [1.54, 1.807) is 6.92 Å². The van der Waals surface area contributed by atoms with Gasteiger partial charge in [-0.2, -0.15) is 8.42 Å². The largest absolute Gasteiger partial charge is 0.466 e. The quantitative estimate of drug-likeness (QED) is 0.518. The summed E-state index contributed by atoms with van der Waals surface area (Å²) in [5, 5.41) is 0. The van der Waals surface area contributed by atoms with Gasteiger partial charge in [0.25, 0.3) is 9.24 Å². The zero-order valence-corrected chi connectivity index (χ0v) is 8.11. The summed E-state index contributed by atoms with van der Waals surface area (Å²) in [7, 11) is 1.08. The van der Waals surface area contributed by atoms with E-state index in [0.717, 1.165) is 0 Å². The van der Waals surface area contributed by atoms with Crippen LogP contribution >= 0.6 is 10.7 Å². The number of carbonyl (C=O) groups excluding carboxylic acids is 1. The first-order chi connectivity index (χ1) is 5.45. The Labute approximate surface area is 75.6 Å². The molecule has 0 amide bonds. The molecule has 0 radical (unpaired) electrons. The van der Waals surface area contributed by atoms with Gasteiger partial charge in [0.15, 0.2) is 0 Å². The van der Waals surface area contributed by atoms with Crippen LogP contribution in [0.2, 0.25) is 0 Å². The molecule has 0 aliphatic heterocycles. The zero-order chi connectivity index (χ0) is 9.61. The molecule has 5 nitrogen and oxygen atoms in total. The fourth-order valence-electron chi connectivity index (χ4n) is 0.508. The molecule has 0 aromatic carbocycles.